The van der Waals surface area contributed by atoms with Crippen molar-refractivity contribution in [3.05, 3.63) is 72.8 Å². The summed E-state index contributed by atoms with van der Waals surface area (Å²) in [6.45, 7) is 3.71. The highest BCUT2D eigenvalue weighted by atomic mass is 16.5. The zero-order valence-corrected chi connectivity index (χ0v) is 21.4. The second kappa shape index (κ2) is 14.5. The number of hydrogen-bond donors (Lipinski definition) is 6. The Hall–Kier alpha value is -4.28. The van der Waals surface area contributed by atoms with Gasteiger partial charge in [-0.1, -0.05) is 0 Å². The van der Waals surface area contributed by atoms with Crippen LogP contribution < -0.4 is 30.7 Å². The number of aliphatic hydroxyl groups is 2. The van der Waals surface area contributed by atoms with Crippen LogP contribution in [0.2, 0.25) is 0 Å². The number of nitrogens with one attached hydrogen (secondary N) is 4. The van der Waals surface area contributed by atoms with Crippen molar-refractivity contribution >= 4 is 34.6 Å². The number of benzene rings is 3. The Morgan fingerprint density at radius 1 is 0.605 bits per heavy atom. The van der Waals surface area contributed by atoms with E-state index in [0.717, 1.165) is 11.4 Å². The molecular weight excluding hydrogens is 488 g/mol. The van der Waals surface area contributed by atoms with Crippen LogP contribution in [-0.4, -0.2) is 60.5 Å². The maximum Gasteiger partial charge on any atom is 0.221 e. The molecule has 3 aromatic rings. The second-order valence-corrected chi connectivity index (χ2v) is 8.68. The molecule has 6 N–H and O–H groups in total. The monoisotopic (exact) mass is 522 g/mol. The molecule has 38 heavy (non-hydrogen) atoms. The van der Waals surface area contributed by atoms with E-state index >= 15 is 0 Å². The van der Waals surface area contributed by atoms with Crippen molar-refractivity contribution in [2.75, 3.05) is 47.6 Å². The molecule has 0 spiro atoms. The Morgan fingerprint density at radius 2 is 0.921 bits per heavy atom. The second-order valence-electron chi connectivity index (χ2n) is 8.68. The van der Waals surface area contributed by atoms with E-state index in [4.69, 9.17) is 9.47 Å². The number of rotatable bonds is 14. The molecule has 0 aliphatic rings. The lowest BCUT2D eigenvalue weighted by molar-refractivity contribution is -0.115. The van der Waals surface area contributed by atoms with Crippen molar-refractivity contribution in [1.29, 1.82) is 0 Å². The minimum Gasteiger partial charge on any atom is -0.491 e. The first-order valence-corrected chi connectivity index (χ1v) is 12.2. The van der Waals surface area contributed by atoms with Gasteiger partial charge in [-0.25, -0.2) is 0 Å². The van der Waals surface area contributed by atoms with Crippen LogP contribution in [0.5, 0.6) is 11.5 Å². The highest BCUT2D eigenvalue weighted by Crippen LogP contribution is 2.19. The van der Waals surface area contributed by atoms with Crippen LogP contribution in [-0.2, 0) is 9.59 Å². The molecule has 0 bridgehead atoms. The number of hydrogen-bond acceptors (Lipinski definition) is 8. The molecule has 0 saturated carbocycles. The molecule has 0 heterocycles. The van der Waals surface area contributed by atoms with E-state index < -0.39 is 12.2 Å². The topological polar surface area (TPSA) is 141 Å². The van der Waals surface area contributed by atoms with Gasteiger partial charge >= 0.3 is 0 Å². The molecule has 0 radical (unpaired) electrons. The number of amides is 2. The first-order chi connectivity index (χ1) is 18.3. The summed E-state index contributed by atoms with van der Waals surface area (Å²) in [5, 5.41) is 32.1. The molecule has 0 aromatic heterocycles. The molecular formula is C28H34N4O6. The summed E-state index contributed by atoms with van der Waals surface area (Å²) in [5.41, 5.74) is 3.04. The van der Waals surface area contributed by atoms with Gasteiger partial charge in [0.05, 0.1) is 0 Å². The molecule has 2 amide bonds. The Bertz CT molecular complexity index is 1060. The van der Waals surface area contributed by atoms with Crippen molar-refractivity contribution in [2.45, 2.75) is 26.1 Å². The lowest BCUT2D eigenvalue weighted by Gasteiger charge is -2.16. The number of ether oxygens (including phenoxy) is 2. The van der Waals surface area contributed by atoms with Crippen molar-refractivity contribution in [3.63, 3.8) is 0 Å². The van der Waals surface area contributed by atoms with Gasteiger partial charge in [0.2, 0.25) is 11.8 Å². The summed E-state index contributed by atoms with van der Waals surface area (Å²) in [6, 6.07) is 21.3. The van der Waals surface area contributed by atoms with E-state index in [1.807, 2.05) is 24.3 Å². The summed E-state index contributed by atoms with van der Waals surface area (Å²) < 4.78 is 11.3. The molecule has 0 aliphatic carbocycles. The first kappa shape index (κ1) is 28.3. The predicted octanol–water partition coefficient (Wildman–Crippen LogP) is 3.31. The van der Waals surface area contributed by atoms with Gasteiger partial charge in [0.25, 0.3) is 0 Å². The quantitative estimate of drug-likeness (QED) is 0.189. The molecule has 0 saturated heterocycles. The van der Waals surface area contributed by atoms with Crippen LogP contribution in [0.15, 0.2) is 72.8 Å². The zero-order chi connectivity index (χ0) is 27.3. The normalized spacial score (nSPS) is 12.1. The van der Waals surface area contributed by atoms with Crippen LogP contribution in [0.25, 0.3) is 0 Å². The maximum absolute atomic E-state index is 11.1. The van der Waals surface area contributed by atoms with Gasteiger partial charge in [-0.3, -0.25) is 9.59 Å². The molecule has 202 valence electrons. The first-order valence-electron chi connectivity index (χ1n) is 12.2. The van der Waals surface area contributed by atoms with Gasteiger partial charge in [-0.05, 0) is 72.8 Å². The molecule has 3 rings (SSSR count). The van der Waals surface area contributed by atoms with E-state index in [1.54, 1.807) is 48.5 Å². The lowest BCUT2D eigenvalue weighted by atomic mass is 10.2. The third kappa shape index (κ3) is 10.4. The minimum atomic E-state index is -0.731. The van der Waals surface area contributed by atoms with Gasteiger partial charge in [0, 0.05) is 49.7 Å². The Morgan fingerprint density at radius 3 is 1.24 bits per heavy atom. The number of anilines is 4. The predicted molar refractivity (Wildman–Crippen MR) is 148 cm³/mol. The standard InChI is InChI=1S/C28H34N4O6/c1-19(33)31-23-7-3-21(4-8-23)29-15-25(35)17-37-27-11-13-28(14-12-27)38-18-26(36)16-30-22-5-9-24(10-6-22)32-20(2)34/h3-14,25-26,29-30,35-36H,15-18H2,1-2H3,(H,31,33)(H,32,34)/t25-,26+. The zero-order valence-electron chi connectivity index (χ0n) is 21.4. The minimum absolute atomic E-state index is 0.105. The van der Waals surface area contributed by atoms with Gasteiger partial charge in [-0.15, -0.1) is 0 Å². The average Bonchev–Trinajstić information content (AvgIpc) is 2.90. The van der Waals surface area contributed by atoms with Crippen LogP contribution in [0.4, 0.5) is 22.7 Å². The smallest absolute Gasteiger partial charge is 0.221 e. The summed E-state index contributed by atoms with van der Waals surface area (Å²) in [4.78, 5) is 22.2. The third-order valence-electron chi connectivity index (χ3n) is 5.20. The van der Waals surface area contributed by atoms with E-state index in [9.17, 15) is 19.8 Å². The molecule has 0 unspecified atom stereocenters. The molecule has 10 heteroatoms. The molecule has 10 nitrogen and oxygen atoms in total. The molecule has 0 aliphatic heterocycles. The summed E-state index contributed by atoms with van der Waals surface area (Å²) in [5.74, 6) is 0.904. The van der Waals surface area contributed by atoms with Crippen LogP contribution in [0.1, 0.15) is 13.8 Å². The average molecular weight is 523 g/mol. The van der Waals surface area contributed by atoms with Crippen molar-refractivity contribution in [1.82, 2.24) is 0 Å². The SMILES string of the molecule is CC(=O)Nc1ccc(NC[C@@H](O)COc2ccc(OC[C@@H](O)CNc3ccc(NC(C)=O)cc3)cc2)cc1. The van der Waals surface area contributed by atoms with Gasteiger partial charge in [0.1, 0.15) is 36.9 Å². The Kier molecular flexibility index (Phi) is 10.8. The van der Waals surface area contributed by atoms with Crippen LogP contribution in [0, 0.1) is 0 Å². The summed E-state index contributed by atoms with van der Waals surface area (Å²) in [7, 11) is 0. The van der Waals surface area contributed by atoms with E-state index in [1.165, 1.54) is 13.8 Å². The fourth-order valence-electron chi connectivity index (χ4n) is 3.36. The summed E-state index contributed by atoms with van der Waals surface area (Å²) in [6.07, 6.45) is -1.46. The van der Waals surface area contributed by atoms with Crippen molar-refractivity contribution in [2.24, 2.45) is 0 Å². The summed E-state index contributed by atoms with van der Waals surface area (Å²) >= 11 is 0. The highest BCUT2D eigenvalue weighted by molar-refractivity contribution is 5.89. The largest absolute Gasteiger partial charge is 0.491 e. The van der Waals surface area contributed by atoms with Crippen molar-refractivity contribution in [3.8, 4) is 11.5 Å². The number of carbonyl (C=O) groups is 2. The lowest BCUT2D eigenvalue weighted by Crippen LogP contribution is -2.26. The van der Waals surface area contributed by atoms with E-state index in [-0.39, 0.29) is 25.0 Å². The molecule has 0 fully saturated rings. The van der Waals surface area contributed by atoms with Crippen molar-refractivity contribution < 1.29 is 29.3 Å². The fraction of sp³-hybridized carbons (Fsp3) is 0.286. The van der Waals surface area contributed by atoms with Crippen LogP contribution >= 0.6 is 0 Å². The third-order valence-corrected chi connectivity index (χ3v) is 5.20. The van der Waals surface area contributed by atoms with Gasteiger partial charge < -0.3 is 41.0 Å². The number of aliphatic hydroxyl groups excluding tert-OH is 2. The highest BCUT2D eigenvalue weighted by Gasteiger charge is 2.08. The molecule has 2 atom stereocenters. The van der Waals surface area contributed by atoms with Crippen LogP contribution in [0.3, 0.4) is 0 Å². The number of carbonyl (C=O) groups excluding carboxylic acids is 2. The maximum atomic E-state index is 11.1. The fourth-order valence-corrected chi connectivity index (χ4v) is 3.36. The molecule has 3 aromatic carbocycles. The van der Waals surface area contributed by atoms with Gasteiger partial charge in [-0.2, -0.15) is 0 Å². The van der Waals surface area contributed by atoms with Gasteiger partial charge in [0.15, 0.2) is 0 Å². The Labute approximate surface area is 222 Å². The van der Waals surface area contributed by atoms with E-state index in [2.05, 4.69) is 21.3 Å². The van der Waals surface area contributed by atoms with E-state index in [0.29, 0.717) is 36.0 Å². The Balaban J connectivity index is 1.32.